The first kappa shape index (κ1) is 15.0. The molecule has 0 bridgehead atoms. The molecule has 7 heteroatoms. The van der Waals surface area contributed by atoms with Gasteiger partial charge in [-0.1, -0.05) is 30.3 Å². The van der Waals surface area contributed by atoms with Gasteiger partial charge in [-0.2, -0.15) is 5.10 Å². The summed E-state index contributed by atoms with van der Waals surface area (Å²) in [5.74, 6) is 0.658. The molecule has 0 unspecified atom stereocenters. The molecule has 122 valence electrons. The zero-order valence-electron chi connectivity index (χ0n) is 13.3. The van der Waals surface area contributed by atoms with Gasteiger partial charge in [-0.3, -0.25) is 9.89 Å². The molecule has 3 aromatic rings. The van der Waals surface area contributed by atoms with Crippen LogP contribution in [0.3, 0.4) is 0 Å². The zero-order chi connectivity index (χ0) is 16.5. The summed E-state index contributed by atoms with van der Waals surface area (Å²) in [4.78, 5) is 24.3. The van der Waals surface area contributed by atoms with Crippen molar-refractivity contribution in [2.75, 3.05) is 0 Å². The fourth-order valence-corrected chi connectivity index (χ4v) is 3.64. The van der Waals surface area contributed by atoms with Crippen LogP contribution in [0.4, 0.5) is 0 Å². The first-order valence-corrected chi connectivity index (χ1v) is 8.72. The Morgan fingerprint density at radius 3 is 2.79 bits per heavy atom. The van der Waals surface area contributed by atoms with Crippen LogP contribution >= 0.6 is 11.3 Å². The van der Waals surface area contributed by atoms with Crippen molar-refractivity contribution in [3.63, 3.8) is 0 Å². The van der Waals surface area contributed by atoms with Gasteiger partial charge in [-0.05, 0) is 25.3 Å². The number of carbonyl (C=O) groups excluding carboxylic acids is 1. The van der Waals surface area contributed by atoms with E-state index in [1.54, 1.807) is 0 Å². The van der Waals surface area contributed by atoms with E-state index in [9.17, 15) is 4.79 Å². The molecule has 1 saturated carbocycles. The quantitative estimate of drug-likeness (QED) is 0.775. The Hall–Kier alpha value is -2.54. The van der Waals surface area contributed by atoms with Gasteiger partial charge in [0.25, 0.3) is 5.91 Å². The van der Waals surface area contributed by atoms with Crippen LogP contribution in [-0.2, 0) is 6.54 Å². The number of H-pyrrole nitrogens is 1. The minimum absolute atomic E-state index is 0.0575. The summed E-state index contributed by atoms with van der Waals surface area (Å²) < 4.78 is 0. The lowest BCUT2D eigenvalue weighted by atomic mass is 10.2. The van der Waals surface area contributed by atoms with Crippen LogP contribution < -0.4 is 0 Å². The highest BCUT2D eigenvalue weighted by molar-refractivity contribution is 7.17. The molecule has 0 aliphatic heterocycles. The molecule has 24 heavy (non-hydrogen) atoms. The molecule has 1 amide bonds. The molecular formula is C17H17N5OS. The van der Waals surface area contributed by atoms with Crippen molar-refractivity contribution in [3.8, 4) is 10.8 Å². The van der Waals surface area contributed by atoms with Crippen LogP contribution in [-0.4, -0.2) is 37.0 Å². The van der Waals surface area contributed by atoms with Crippen LogP contribution in [0.25, 0.3) is 10.8 Å². The van der Waals surface area contributed by atoms with E-state index in [4.69, 9.17) is 0 Å². The summed E-state index contributed by atoms with van der Waals surface area (Å²) in [6.07, 6.45) is 3.59. The zero-order valence-corrected chi connectivity index (χ0v) is 14.1. The average molecular weight is 339 g/mol. The Bertz CT molecular complexity index is 839. The van der Waals surface area contributed by atoms with Crippen LogP contribution in [0.5, 0.6) is 0 Å². The van der Waals surface area contributed by atoms with Crippen molar-refractivity contribution in [3.05, 3.63) is 52.8 Å². The van der Waals surface area contributed by atoms with Crippen LogP contribution in [0.15, 0.2) is 36.7 Å². The number of thiazole rings is 1. The van der Waals surface area contributed by atoms with E-state index in [0.717, 1.165) is 24.1 Å². The lowest BCUT2D eigenvalue weighted by molar-refractivity contribution is 0.0734. The van der Waals surface area contributed by atoms with E-state index in [0.29, 0.717) is 28.3 Å². The van der Waals surface area contributed by atoms with Gasteiger partial charge in [0.1, 0.15) is 11.2 Å². The molecule has 0 spiro atoms. The van der Waals surface area contributed by atoms with E-state index in [2.05, 4.69) is 32.3 Å². The summed E-state index contributed by atoms with van der Waals surface area (Å²) in [5.41, 5.74) is 1.89. The first-order valence-electron chi connectivity index (χ1n) is 7.90. The summed E-state index contributed by atoms with van der Waals surface area (Å²) >= 11 is 1.37. The van der Waals surface area contributed by atoms with Crippen molar-refractivity contribution in [2.24, 2.45) is 0 Å². The van der Waals surface area contributed by atoms with Crippen molar-refractivity contribution in [1.82, 2.24) is 25.1 Å². The number of aryl methyl sites for hydroxylation is 1. The Labute approximate surface area is 143 Å². The first-order chi connectivity index (χ1) is 11.7. The summed E-state index contributed by atoms with van der Waals surface area (Å²) in [5, 5.41) is 7.34. The number of carbonyl (C=O) groups is 1. The van der Waals surface area contributed by atoms with Gasteiger partial charge in [0, 0.05) is 12.6 Å². The molecule has 1 N–H and O–H groups in total. The van der Waals surface area contributed by atoms with Crippen LogP contribution in [0.2, 0.25) is 0 Å². The lowest BCUT2D eigenvalue weighted by Gasteiger charge is -2.22. The molecule has 1 aromatic carbocycles. The van der Waals surface area contributed by atoms with Crippen molar-refractivity contribution in [2.45, 2.75) is 32.4 Å². The van der Waals surface area contributed by atoms with Gasteiger partial charge in [0.15, 0.2) is 10.8 Å². The third-order valence-corrected chi connectivity index (χ3v) is 5.20. The number of benzene rings is 1. The van der Waals surface area contributed by atoms with E-state index in [1.165, 1.54) is 17.7 Å². The van der Waals surface area contributed by atoms with E-state index in [-0.39, 0.29) is 5.91 Å². The molecule has 0 saturated heterocycles. The Balaban J connectivity index is 1.61. The lowest BCUT2D eigenvalue weighted by Crippen LogP contribution is -2.32. The van der Waals surface area contributed by atoms with E-state index in [1.807, 2.05) is 30.0 Å². The second-order valence-electron chi connectivity index (χ2n) is 5.92. The van der Waals surface area contributed by atoms with Gasteiger partial charge in [0.2, 0.25) is 0 Å². The van der Waals surface area contributed by atoms with Gasteiger partial charge in [-0.15, -0.1) is 11.3 Å². The SMILES string of the molecule is Cc1nc(-c2ncn[nH]2)sc1C(=O)N(Cc1ccccc1)C1CC1. The molecule has 0 radical (unpaired) electrons. The molecule has 4 rings (SSSR count). The predicted octanol–water partition coefficient (Wildman–Crippen LogP) is 3.04. The molecule has 0 atom stereocenters. The number of nitrogens with zero attached hydrogens (tertiary/aromatic N) is 4. The summed E-state index contributed by atoms with van der Waals surface area (Å²) in [6, 6.07) is 10.5. The number of aromatic nitrogens is 4. The number of hydrogen-bond acceptors (Lipinski definition) is 5. The van der Waals surface area contributed by atoms with Crippen LogP contribution in [0, 0.1) is 6.92 Å². The molecule has 1 fully saturated rings. The number of amides is 1. The standard InChI is InChI=1S/C17H17N5OS/c1-11-14(24-16(20-11)15-18-10-19-21-15)17(23)22(13-7-8-13)9-12-5-3-2-4-6-12/h2-6,10,13H,7-9H2,1H3,(H,18,19,21). The Kier molecular flexibility index (Phi) is 3.86. The topological polar surface area (TPSA) is 74.8 Å². The normalized spacial score (nSPS) is 13.9. The van der Waals surface area contributed by atoms with Crippen molar-refractivity contribution >= 4 is 17.2 Å². The molecule has 2 heterocycles. The van der Waals surface area contributed by atoms with Gasteiger partial charge in [-0.25, -0.2) is 9.97 Å². The molecule has 2 aromatic heterocycles. The maximum Gasteiger partial charge on any atom is 0.266 e. The van der Waals surface area contributed by atoms with Crippen molar-refractivity contribution < 1.29 is 4.79 Å². The second kappa shape index (κ2) is 6.16. The summed E-state index contributed by atoms with van der Waals surface area (Å²) in [6.45, 7) is 2.51. The Morgan fingerprint density at radius 2 is 2.12 bits per heavy atom. The predicted molar refractivity (Wildman–Crippen MR) is 91.6 cm³/mol. The van der Waals surface area contributed by atoms with Crippen molar-refractivity contribution in [1.29, 1.82) is 0 Å². The molecule has 6 nitrogen and oxygen atoms in total. The number of aromatic amines is 1. The molecule has 1 aliphatic carbocycles. The number of hydrogen-bond donors (Lipinski definition) is 1. The minimum atomic E-state index is 0.0575. The van der Waals surface area contributed by atoms with E-state index < -0.39 is 0 Å². The third-order valence-electron chi connectivity index (χ3n) is 4.05. The Morgan fingerprint density at radius 1 is 1.33 bits per heavy atom. The number of rotatable bonds is 5. The summed E-state index contributed by atoms with van der Waals surface area (Å²) in [7, 11) is 0. The maximum atomic E-state index is 13.1. The highest BCUT2D eigenvalue weighted by atomic mass is 32.1. The van der Waals surface area contributed by atoms with Gasteiger partial charge in [0.05, 0.1) is 5.69 Å². The average Bonchev–Trinajstić information content (AvgIpc) is 3.14. The smallest absolute Gasteiger partial charge is 0.266 e. The van der Waals surface area contributed by atoms with E-state index >= 15 is 0 Å². The van der Waals surface area contributed by atoms with Crippen LogP contribution in [0.1, 0.15) is 33.8 Å². The largest absolute Gasteiger partial charge is 0.331 e. The highest BCUT2D eigenvalue weighted by Crippen LogP contribution is 2.33. The van der Waals surface area contributed by atoms with Gasteiger partial charge >= 0.3 is 0 Å². The fourth-order valence-electron chi connectivity index (χ4n) is 2.67. The minimum Gasteiger partial charge on any atom is -0.331 e. The monoisotopic (exact) mass is 339 g/mol. The second-order valence-corrected chi connectivity index (χ2v) is 6.92. The fraction of sp³-hybridized carbons (Fsp3) is 0.294. The van der Waals surface area contributed by atoms with Gasteiger partial charge < -0.3 is 4.90 Å². The highest BCUT2D eigenvalue weighted by Gasteiger charge is 2.34. The molecule has 1 aliphatic rings. The third kappa shape index (κ3) is 2.94. The molecular weight excluding hydrogens is 322 g/mol. The maximum absolute atomic E-state index is 13.1. The number of nitrogens with one attached hydrogen (secondary N) is 1.